The molecule has 2 heteroatoms. The first-order valence-electron chi connectivity index (χ1n) is 21.3. The fourth-order valence-electron chi connectivity index (χ4n) is 9.66. The van der Waals surface area contributed by atoms with Gasteiger partial charge in [0.25, 0.3) is 0 Å². The van der Waals surface area contributed by atoms with Crippen LogP contribution in [0.15, 0.2) is 243 Å². The second-order valence-electron chi connectivity index (χ2n) is 16.1. The van der Waals surface area contributed by atoms with Crippen LogP contribution in [0.1, 0.15) is 0 Å². The normalized spacial score (nSPS) is 11.5. The lowest BCUT2D eigenvalue weighted by molar-refractivity contribution is 1.18. The Kier molecular flexibility index (Phi) is 8.53. The van der Waals surface area contributed by atoms with Gasteiger partial charge in [0.2, 0.25) is 0 Å². The minimum Gasteiger partial charge on any atom is -0.309 e. The molecule has 0 aliphatic rings. The van der Waals surface area contributed by atoms with Crippen molar-refractivity contribution in [2.45, 2.75) is 0 Å². The first kappa shape index (κ1) is 35.7. The number of benzene rings is 10. The molecular weight excluding hydrogens is 749 g/mol. The van der Waals surface area contributed by atoms with Gasteiger partial charge in [0.1, 0.15) is 0 Å². The molecule has 0 amide bonds. The predicted octanol–water partition coefficient (Wildman–Crippen LogP) is 16.2. The van der Waals surface area contributed by atoms with Gasteiger partial charge in [-0.3, -0.25) is 0 Å². The van der Waals surface area contributed by atoms with Crippen LogP contribution in [0.4, 0.5) is 0 Å². The number of rotatable bonds is 7. The molecule has 12 aromatic rings. The highest BCUT2D eigenvalue weighted by atomic mass is 15.0. The second-order valence-corrected chi connectivity index (χ2v) is 16.1. The highest BCUT2D eigenvalue weighted by Gasteiger charge is 2.20. The van der Waals surface area contributed by atoms with Gasteiger partial charge in [-0.05, 0) is 111 Å². The minimum atomic E-state index is 1.13. The van der Waals surface area contributed by atoms with Gasteiger partial charge in [0, 0.05) is 32.8 Å². The third-order valence-corrected chi connectivity index (χ3v) is 12.5. The minimum absolute atomic E-state index is 1.13. The molecule has 12 rings (SSSR count). The summed E-state index contributed by atoms with van der Waals surface area (Å²) in [4.78, 5) is 0. The zero-order chi connectivity index (χ0) is 41.0. The van der Waals surface area contributed by atoms with E-state index in [2.05, 4.69) is 252 Å². The summed E-state index contributed by atoms with van der Waals surface area (Å²) < 4.78 is 4.89. The van der Waals surface area contributed by atoms with E-state index in [0.29, 0.717) is 0 Å². The number of para-hydroxylation sites is 2. The Hall–Kier alpha value is -8.20. The topological polar surface area (TPSA) is 9.86 Å². The molecular formula is C60H40N2. The van der Waals surface area contributed by atoms with Crippen LogP contribution in [-0.4, -0.2) is 9.13 Å². The van der Waals surface area contributed by atoms with Gasteiger partial charge >= 0.3 is 0 Å². The number of hydrogen-bond acceptors (Lipinski definition) is 0. The molecule has 0 bridgehead atoms. The quantitative estimate of drug-likeness (QED) is 0.152. The Labute approximate surface area is 360 Å². The summed E-state index contributed by atoms with van der Waals surface area (Å²) in [6.45, 7) is 0. The molecule has 2 aromatic heterocycles. The lowest BCUT2D eigenvalue weighted by Crippen LogP contribution is -1.97. The molecule has 0 radical (unpaired) electrons. The van der Waals surface area contributed by atoms with Gasteiger partial charge in [-0.1, -0.05) is 182 Å². The van der Waals surface area contributed by atoms with E-state index >= 15 is 0 Å². The molecule has 0 spiro atoms. The van der Waals surface area contributed by atoms with E-state index < -0.39 is 0 Å². The van der Waals surface area contributed by atoms with Crippen molar-refractivity contribution < 1.29 is 0 Å². The first-order chi connectivity index (χ1) is 30.8. The van der Waals surface area contributed by atoms with Crippen molar-refractivity contribution in [3.05, 3.63) is 243 Å². The smallest absolute Gasteiger partial charge is 0.0547 e. The molecule has 0 saturated carbocycles. The largest absolute Gasteiger partial charge is 0.309 e. The average molecular weight is 789 g/mol. The molecule has 0 unspecified atom stereocenters. The third-order valence-electron chi connectivity index (χ3n) is 12.5. The van der Waals surface area contributed by atoms with Crippen molar-refractivity contribution in [3.8, 4) is 67.0 Å². The highest BCUT2D eigenvalue weighted by Crippen LogP contribution is 2.42. The Morgan fingerprint density at radius 3 is 1.44 bits per heavy atom. The van der Waals surface area contributed by atoms with Crippen molar-refractivity contribution in [1.82, 2.24) is 9.13 Å². The Balaban J connectivity index is 1.04. The third kappa shape index (κ3) is 5.96. The highest BCUT2D eigenvalue weighted by molar-refractivity contribution is 6.17. The molecule has 62 heavy (non-hydrogen) atoms. The van der Waals surface area contributed by atoms with Gasteiger partial charge < -0.3 is 9.13 Å². The lowest BCUT2D eigenvalue weighted by Gasteiger charge is -2.14. The summed E-state index contributed by atoms with van der Waals surface area (Å²) in [6, 6.07) is 88.4. The standard InChI is InChI=1S/C60H40N2/c1-4-17-41(18-5-1)44-23-14-24-45(37-44)46-25-15-26-49(38-46)61-58-36-34-48(40-54(58)60-51(29-16-32-59(60)61)43-21-8-3-9-22-43)47-33-35-57-53(39-47)52-28-11-13-31-56(52)62(57)55-30-12-10-27-50(55)42-19-6-2-7-20-42/h1-40H. The van der Waals surface area contributed by atoms with Crippen molar-refractivity contribution in [3.63, 3.8) is 0 Å². The van der Waals surface area contributed by atoms with E-state index in [1.807, 2.05) is 0 Å². The molecule has 0 atom stereocenters. The number of aromatic nitrogens is 2. The molecule has 0 aliphatic heterocycles. The van der Waals surface area contributed by atoms with Crippen LogP contribution in [0.5, 0.6) is 0 Å². The second kappa shape index (κ2) is 14.8. The number of nitrogens with zero attached hydrogens (tertiary/aromatic N) is 2. The van der Waals surface area contributed by atoms with Gasteiger partial charge in [-0.15, -0.1) is 0 Å². The van der Waals surface area contributed by atoms with Crippen LogP contribution < -0.4 is 0 Å². The Bertz CT molecular complexity index is 3610. The van der Waals surface area contributed by atoms with Gasteiger partial charge in [-0.25, -0.2) is 0 Å². The van der Waals surface area contributed by atoms with Crippen molar-refractivity contribution in [2.75, 3.05) is 0 Å². The zero-order valence-corrected chi connectivity index (χ0v) is 34.0. The van der Waals surface area contributed by atoms with E-state index in [4.69, 9.17) is 0 Å². The molecule has 0 fully saturated rings. The molecule has 10 aromatic carbocycles. The fraction of sp³-hybridized carbons (Fsp3) is 0. The maximum atomic E-state index is 2.45. The summed E-state index contributed by atoms with van der Waals surface area (Å²) in [7, 11) is 0. The van der Waals surface area contributed by atoms with Crippen molar-refractivity contribution in [2.24, 2.45) is 0 Å². The van der Waals surface area contributed by atoms with E-state index in [1.54, 1.807) is 0 Å². The van der Waals surface area contributed by atoms with Crippen LogP contribution in [0.3, 0.4) is 0 Å². The van der Waals surface area contributed by atoms with Gasteiger partial charge in [-0.2, -0.15) is 0 Å². The van der Waals surface area contributed by atoms with Crippen LogP contribution >= 0.6 is 0 Å². The Morgan fingerprint density at radius 2 is 0.694 bits per heavy atom. The van der Waals surface area contributed by atoms with Gasteiger partial charge in [0.05, 0.1) is 27.8 Å². The molecule has 0 aliphatic carbocycles. The van der Waals surface area contributed by atoms with E-state index in [9.17, 15) is 0 Å². The SMILES string of the molecule is c1ccc(-c2cccc(-c3cccc(-n4c5ccc(-c6ccc7c(c6)c6ccccc6n7-c6ccccc6-c6ccccc6)cc5c5c(-c6ccccc6)cccc54)c3)c2)cc1. The van der Waals surface area contributed by atoms with Crippen molar-refractivity contribution >= 4 is 43.6 Å². The average Bonchev–Trinajstić information content (AvgIpc) is 3.87. The first-order valence-corrected chi connectivity index (χ1v) is 21.3. The maximum Gasteiger partial charge on any atom is 0.0547 e. The van der Waals surface area contributed by atoms with Crippen LogP contribution in [0.25, 0.3) is 111 Å². The van der Waals surface area contributed by atoms with Gasteiger partial charge in [0.15, 0.2) is 0 Å². The zero-order valence-electron chi connectivity index (χ0n) is 34.0. The molecule has 0 N–H and O–H groups in total. The van der Waals surface area contributed by atoms with Crippen molar-refractivity contribution in [1.29, 1.82) is 0 Å². The van der Waals surface area contributed by atoms with E-state index in [0.717, 1.165) is 5.69 Å². The van der Waals surface area contributed by atoms with E-state index in [1.165, 1.54) is 105 Å². The summed E-state index contributed by atoms with van der Waals surface area (Å²) in [5.41, 5.74) is 19.1. The monoisotopic (exact) mass is 788 g/mol. The summed E-state index contributed by atoms with van der Waals surface area (Å²) in [6.07, 6.45) is 0. The Morgan fingerprint density at radius 1 is 0.226 bits per heavy atom. The predicted molar refractivity (Wildman–Crippen MR) is 262 cm³/mol. The van der Waals surface area contributed by atoms with Crippen LogP contribution in [0, 0.1) is 0 Å². The number of fused-ring (bicyclic) bond motifs is 6. The number of hydrogen-bond donors (Lipinski definition) is 0. The fourth-order valence-corrected chi connectivity index (χ4v) is 9.66. The van der Waals surface area contributed by atoms with Crippen LogP contribution in [0.2, 0.25) is 0 Å². The molecule has 2 nitrogen and oxygen atoms in total. The molecule has 2 heterocycles. The van der Waals surface area contributed by atoms with Crippen LogP contribution in [-0.2, 0) is 0 Å². The summed E-state index contributed by atoms with van der Waals surface area (Å²) in [5, 5.41) is 4.96. The lowest BCUT2D eigenvalue weighted by atomic mass is 9.97. The summed E-state index contributed by atoms with van der Waals surface area (Å²) in [5.74, 6) is 0. The maximum absolute atomic E-state index is 2.45. The van der Waals surface area contributed by atoms with E-state index in [-0.39, 0.29) is 0 Å². The molecule has 290 valence electrons. The summed E-state index contributed by atoms with van der Waals surface area (Å²) >= 11 is 0. The molecule has 0 saturated heterocycles.